The van der Waals surface area contributed by atoms with Crippen molar-refractivity contribution in [3.8, 4) is 0 Å². The van der Waals surface area contributed by atoms with Gasteiger partial charge < -0.3 is 10.2 Å². The summed E-state index contributed by atoms with van der Waals surface area (Å²) < 4.78 is 13.2. The number of non-ortho nitro benzene ring substituents is 1. The molecule has 2 heterocycles. The number of nitro benzene ring substituents is 1. The largest absolute Gasteiger partial charge is 0.365 e. The number of nitrogens with one attached hydrogen (secondary N) is 1. The third-order valence-corrected chi connectivity index (χ3v) is 6.07. The van der Waals surface area contributed by atoms with Gasteiger partial charge in [0.25, 0.3) is 5.69 Å². The maximum Gasteiger partial charge on any atom is 0.269 e. The van der Waals surface area contributed by atoms with Crippen LogP contribution in [0.15, 0.2) is 55.1 Å². The van der Waals surface area contributed by atoms with Gasteiger partial charge in [-0.05, 0) is 35.7 Å². The van der Waals surface area contributed by atoms with Crippen LogP contribution in [0.3, 0.4) is 0 Å². The van der Waals surface area contributed by atoms with Crippen molar-refractivity contribution in [1.82, 2.24) is 10.2 Å². The number of hydrogen-bond acceptors (Lipinski definition) is 5. The molecule has 2 aliphatic heterocycles. The van der Waals surface area contributed by atoms with Crippen molar-refractivity contribution in [1.29, 1.82) is 0 Å². The summed E-state index contributed by atoms with van der Waals surface area (Å²) in [5, 5.41) is 14.1. The number of carbonyl (C=O) groups excluding carboxylic acids is 1. The molecule has 0 bridgehead atoms. The highest BCUT2D eigenvalue weighted by molar-refractivity contribution is 5.82. The number of amides is 1. The molecule has 1 saturated heterocycles. The lowest BCUT2D eigenvalue weighted by atomic mass is 9.83. The minimum absolute atomic E-state index is 0.0393. The number of piperazine rings is 1. The molecule has 0 radical (unpaired) electrons. The highest BCUT2D eigenvalue weighted by Crippen LogP contribution is 2.38. The van der Waals surface area contributed by atoms with E-state index < -0.39 is 4.92 Å². The first-order valence-corrected chi connectivity index (χ1v) is 10.4. The van der Waals surface area contributed by atoms with Crippen molar-refractivity contribution in [2.45, 2.75) is 19.0 Å². The number of nitro groups is 1. The summed E-state index contributed by atoms with van der Waals surface area (Å²) in [4.78, 5) is 28.3. The Labute approximate surface area is 180 Å². The average molecular weight is 424 g/mol. The van der Waals surface area contributed by atoms with Crippen LogP contribution in [-0.2, 0) is 17.8 Å². The number of anilines is 1. The summed E-state index contributed by atoms with van der Waals surface area (Å²) >= 11 is 0. The molecule has 0 aliphatic carbocycles. The number of halogens is 1. The van der Waals surface area contributed by atoms with Crippen LogP contribution in [0.4, 0.5) is 15.8 Å². The molecule has 0 spiro atoms. The number of fused-ring (bicyclic) bond motifs is 3. The molecule has 2 atom stereocenters. The number of benzene rings is 2. The Morgan fingerprint density at radius 3 is 2.74 bits per heavy atom. The van der Waals surface area contributed by atoms with Crippen molar-refractivity contribution >= 4 is 17.3 Å². The second-order valence-electron chi connectivity index (χ2n) is 8.04. The van der Waals surface area contributed by atoms with E-state index in [9.17, 15) is 19.3 Å². The van der Waals surface area contributed by atoms with E-state index in [2.05, 4.69) is 21.7 Å². The first-order chi connectivity index (χ1) is 15.0. The fourth-order valence-corrected chi connectivity index (χ4v) is 4.58. The Bertz CT molecular complexity index is 995. The summed E-state index contributed by atoms with van der Waals surface area (Å²) in [5.74, 6) is -0.660. The number of carbonyl (C=O) groups is 1. The zero-order valence-corrected chi connectivity index (χ0v) is 17.2. The zero-order valence-electron chi connectivity index (χ0n) is 17.2. The molecule has 1 fully saturated rings. The van der Waals surface area contributed by atoms with Gasteiger partial charge in [-0.25, -0.2) is 4.39 Å². The molecule has 0 saturated carbocycles. The van der Waals surface area contributed by atoms with Crippen LogP contribution in [-0.4, -0.2) is 48.0 Å². The average Bonchev–Trinajstić information content (AvgIpc) is 2.77. The van der Waals surface area contributed by atoms with Crippen LogP contribution < -0.4 is 10.2 Å². The van der Waals surface area contributed by atoms with Crippen molar-refractivity contribution in [2.24, 2.45) is 5.92 Å². The second kappa shape index (κ2) is 8.85. The molecular formula is C23H25FN4O3. The molecule has 31 heavy (non-hydrogen) atoms. The van der Waals surface area contributed by atoms with E-state index in [0.29, 0.717) is 32.6 Å². The van der Waals surface area contributed by atoms with Gasteiger partial charge in [-0.15, -0.1) is 6.58 Å². The summed E-state index contributed by atoms with van der Waals surface area (Å²) in [6.07, 6.45) is 2.09. The van der Waals surface area contributed by atoms with Gasteiger partial charge in [0.05, 0.1) is 16.9 Å². The number of nitrogens with zero attached hydrogens (tertiary/aromatic N) is 3. The standard InChI is InChI=1S/C23H25FN4O3/c1-2-9-25-23(29)20-13-17-12-19(28(30)31)7-8-21(17)27-11-10-26(15-22(20)27)14-16-3-5-18(24)6-4-16/h2-8,12,20,22H,1,9-11,13-15H2,(H,25,29)/t20-,22+/m1/s1. The van der Waals surface area contributed by atoms with Gasteiger partial charge in [-0.3, -0.25) is 19.8 Å². The lowest BCUT2D eigenvalue weighted by molar-refractivity contribution is -0.384. The molecule has 2 aromatic carbocycles. The third-order valence-electron chi connectivity index (χ3n) is 6.07. The topological polar surface area (TPSA) is 78.7 Å². The Balaban J connectivity index is 1.60. The predicted octanol–water partition coefficient (Wildman–Crippen LogP) is 2.90. The molecule has 1 amide bonds. The van der Waals surface area contributed by atoms with Crippen LogP contribution >= 0.6 is 0 Å². The highest BCUT2D eigenvalue weighted by Gasteiger charge is 2.41. The van der Waals surface area contributed by atoms with Gasteiger partial charge in [0, 0.05) is 50.5 Å². The summed E-state index contributed by atoms with van der Waals surface area (Å²) in [7, 11) is 0. The lowest BCUT2D eigenvalue weighted by Gasteiger charge is -2.49. The first-order valence-electron chi connectivity index (χ1n) is 10.4. The molecule has 0 aromatic heterocycles. The normalized spacial score (nSPS) is 20.5. The van der Waals surface area contributed by atoms with Gasteiger partial charge >= 0.3 is 0 Å². The Hall–Kier alpha value is -3.26. The van der Waals surface area contributed by atoms with Crippen molar-refractivity contribution in [3.05, 3.63) is 82.2 Å². The zero-order chi connectivity index (χ0) is 22.0. The molecule has 162 valence electrons. The van der Waals surface area contributed by atoms with Crippen molar-refractivity contribution < 1.29 is 14.1 Å². The monoisotopic (exact) mass is 424 g/mol. The van der Waals surface area contributed by atoms with E-state index in [1.54, 1.807) is 30.3 Å². The minimum Gasteiger partial charge on any atom is -0.365 e. The predicted molar refractivity (Wildman–Crippen MR) is 116 cm³/mol. The van der Waals surface area contributed by atoms with E-state index in [1.807, 2.05) is 0 Å². The molecule has 1 N–H and O–H groups in total. The fraction of sp³-hybridized carbons (Fsp3) is 0.348. The second-order valence-corrected chi connectivity index (χ2v) is 8.04. The SMILES string of the molecule is C=CCNC(=O)[C@@H]1Cc2cc([N+](=O)[O-])ccc2N2CCN(Cc3ccc(F)cc3)C[C@@H]12. The van der Waals surface area contributed by atoms with E-state index in [0.717, 1.165) is 23.4 Å². The van der Waals surface area contributed by atoms with Gasteiger partial charge in [0.1, 0.15) is 5.82 Å². The number of rotatable bonds is 6. The Morgan fingerprint density at radius 1 is 1.26 bits per heavy atom. The first kappa shape index (κ1) is 21.0. The van der Waals surface area contributed by atoms with Gasteiger partial charge in [-0.2, -0.15) is 0 Å². The van der Waals surface area contributed by atoms with E-state index in [-0.39, 0.29) is 29.4 Å². The summed E-state index contributed by atoms with van der Waals surface area (Å²) in [6, 6.07) is 11.4. The molecule has 4 rings (SSSR count). The maximum atomic E-state index is 13.2. The maximum absolute atomic E-state index is 13.2. The highest BCUT2D eigenvalue weighted by atomic mass is 19.1. The lowest BCUT2D eigenvalue weighted by Crippen LogP contribution is -2.60. The quantitative estimate of drug-likeness (QED) is 0.438. The smallest absolute Gasteiger partial charge is 0.269 e. The molecule has 2 aromatic rings. The van der Waals surface area contributed by atoms with E-state index in [4.69, 9.17) is 0 Å². The van der Waals surface area contributed by atoms with E-state index in [1.165, 1.54) is 18.2 Å². The Morgan fingerprint density at radius 2 is 2.03 bits per heavy atom. The van der Waals surface area contributed by atoms with Crippen molar-refractivity contribution in [3.63, 3.8) is 0 Å². The van der Waals surface area contributed by atoms with Gasteiger partial charge in [-0.1, -0.05) is 18.2 Å². The van der Waals surface area contributed by atoms with Gasteiger partial charge in [0.2, 0.25) is 5.91 Å². The van der Waals surface area contributed by atoms with Crippen LogP contribution in [0, 0.1) is 21.8 Å². The Kier molecular flexibility index (Phi) is 5.99. The van der Waals surface area contributed by atoms with E-state index >= 15 is 0 Å². The third kappa shape index (κ3) is 4.44. The molecular weight excluding hydrogens is 399 g/mol. The van der Waals surface area contributed by atoms with Crippen LogP contribution in [0.25, 0.3) is 0 Å². The molecule has 2 aliphatic rings. The van der Waals surface area contributed by atoms with Crippen LogP contribution in [0.2, 0.25) is 0 Å². The van der Waals surface area contributed by atoms with Crippen LogP contribution in [0.1, 0.15) is 11.1 Å². The summed E-state index contributed by atoms with van der Waals surface area (Å²) in [6.45, 7) is 6.89. The minimum atomic E-state index is -0.403. The molecule has 0 unspecified atom stereocenters. The van der Waals surface area contributed by atoms with Crippen LogP contribution in [0.5, 0.6) is 0 Å². The molecule has 8 heteroatoms. The fourth-order valence-electron chi connectivity index (χ4n) is 4.58. The molecule has 7 nitrogen and oxygen atoms in total. The summed E-state index contributed by atoms with van der Waals surface area (Å²) in [5.41, 5.74) is 2.85. The number of hydrogen-bond donors (Lipinski definition) is 1. The van der Waals surface area contributed by atoms with Gasteiger partial charge in [0.15, 0.2) is 0 Å². The van der Waals surface area contributed by atoms with Crippen molar-refractivity contribution in [2.75, 3.05) is 31.1 Å².